The van der Waals surface area contributed by atoms with E-state index < -0.39 is 5.60 Å². The van der Waals surface area contributed by atoms with Crippen LogP contribution in [0, 0.1) is 6.92 Å². The molecule has 154 valence electrons. The van der Waals surface area contributed by atoms with Gasteiger partial charge in [0.2, 0.25) is 0 Å². The second-order valence-corrected chi connectivity index (χ2v) is 9.05. The number of aromatic nitrogens is 4. The number of carbonyl (C=O) groups is 1. The molecule has 1 saturated carbocycles. The number of nitrogens with zero attached hydrogens (tertiary/aromatic N) is 5. The second kappa shape index (κ2) is 6.90. The Morgan fingerprint density at radius 1 is 1.24 bits per heavy atom. The Bertz CT molecular complexity index is 1050. The Labute approximate surface area is 171 Å². The Hall–Kier alpha value is -2.83. The molecule has 0 saturated heterocycles. The molecule has 3 aromatic rings. The van der Waals surface area contributed by atoms with Crippen LogP contribution in [0.3, 0.4) is 0 Å². The van der Waals surface area contributed by atoms with E-state index >= 15 is 0 Å². The van der Waals surface area contributed by atoms with Gasteiger partial charge in [-0.1, -0.05) is 0 Å². The lowest BCUT2D eigenvalue weighted by molar-refractivity contribution is 0.00810. The molecular weight excluding hydrogens is 366 g/mol. The van der Waals surface area contributed by atoms with Crippen molar-refractivity contribution in [1.82, 2.24) is 24.2 Å². The van der Waals surface area contributed by atoms with Crippen LogP contribution in [0.15, 0.2) is 30.7 Å². The lowest BCUT2D eigenvalue weighted by atomic mass is 9.85. The van der Waals surface area contributed by atoms with Gasteiger partial charge in [-0.25, -0.2) is 9.78 Å². The minimum atomic E-state index is -0.481. The molecule has 1 amide bonds. The largest absolute Gasteiger partial charge is 0.444 e. The minimum absolute atomic E-state index is 0.180. The summed E-state index contributed by atoms with van der Waals surface area (Å²) >= 11 is 0. The van der Waals surface area contributed by atoms with Crippen LogP contribution in [-0.2, 0) is 11.8 Å². The maximum absolute atomic E-state index is 12.4. The van der Waals surface area contributed by atoms with Crippen LogP contribution < -0.4 is 0 Å². The molecule has 3 heterocycles. The average Bonchev–Trinajstić information content (AvgIpc) is 3.16. The monoisotopic (exact) mass is 395 g/mol. The summed E-state index contributed by atoms with van der Waals surface area (Å²) in [4.78, 5) is 18.9. The SMILES string of the molecule is Cc1ccc2c(-c3cnn(C)c3)cn([C@H]3C[C@H](N(C)C(=O)OC(C)(C)C)C3)c2n1. The van der Waals surface area contributed by atoms with Crippen LogP contribution in [0.2, 0.25) is 0 Å². The third kappa shape index (κ3) is 3.73. The Morgan fingerprint density at radius 3 is 2.59 bits per heavy atom. The Kier molecular flexibility index (Phi) is 4.63. The lowest BCUT2D eigenvalue weighted by Crippen LogP contribution is -2.47. The second-order valence-electron chi connectivity index (χ2n) is 9.05. The Morgan fingerprint density at radius 2 is 1.97 bits per heavy atom. The summed E-state index contributed by atoms with van der Waals surface area (Å²) in [6.45, 7) is 7.69. The topological polar surface area (TPSA) is 65.2 Å². The molecule has 3 aromatic heterocycles. The molecule has 1 fully saturated rings. The van der Waals surface area contributed by atoms with Crippen molar-refractivity contribution in [3.63, 3.8) is 0 Å². The van der Waals surface area contributed by atoms with Crippen molar-refractivity contribution in [3.05, 3.63) is 36.4 Å². The Balaban J connectivity index is 1.58. The summed E-state index contributed by atoms with van der Waals surface area (Å²) in [7, 11) is 3.75. The summed E-state index contributed by atoms with van der Waals surface area (Å²) in [6, 6.07) is 4.68. The highest BCUT2D eigenvalue weighted by Crippen LogP contribution is 2.40. The molecule has 1 aliphatic carbocycles. The van der Waals surface area contributed by atoms with Crippen molar-refractivity contribution in [2.75, 3.05) is 7.05 Å². The number of pyridine rings is 1. The first-order valence-electron chi connectivity index (χ1n) is 10.1. The maximum atomic E-state index is 12.4. The number of amides is 1. The molecule has 29 heavy (non-hydrogen) atoms. The van der Waals surface area contributed by atoms with E-state index in [4.69, 9.17) is 9.72 Å². The molecule has 7 heteroatoms. The number of carbonyl (C=O) groups excluding carboxylic acids is 1. The molecule has 0 aromatic carbocycles. The molecule has 0 aliphatic heterocycles. The van der Waals surface area contributed by atoms with Gasteiger partial charge in [-0.15, -0.1) is 0 Å². The van der Waals surface area contributed by atoms with E-state index in [9.17, 15) is 4.79 Å². The van der Waals surface area contributed by atoms with Crippen LogP contribution in [0.25, 0.3) is 22.2 Å². The van der Waals surface area contributed by atoms with E-state index in [2.05, 4.69) is 21.9 Å². The van der Waals surface area contributed by atoms with Gasteiger partial charge in [0.05, 0.1) is 6.20 Å². The van der Waals surface area contributed by atoms with Crippen LogP contribution >= 0.6 is 0 Å². The number of fused-ring (bicyclic) bond motifs is 1. The van der Waals surface area contributed by atoms with Crippen LogP contribution in [0.4, 0.5) is 4.79 Å². The summed E-state index contributed by atoms with van der Waals surface area (Å²) < 4.78 is 9.59. The van der Waals surface area contributed by atoms with Gasteiger partial charge in [-0.05, 0) is 52.7 Å². The molecule has 0 spiro atoms. The molecular formula is C22H29N5O2. The summed E-state index contributed by atoms with van der Waals surface area (Å²) in [5.74, 6) is 0. The van der Waals surface area contributed by atoms with Gasteiger partial charge >= 0.3 is 6.09 Å². The third-order valence-electron chi connectivity index (χ3n) is 5.54. The number of aryl methyl sites for hydroxylation is 2. The quantitative estimate of drug-likeness (QED) is 0.663. The summed E-state index contributed by atoms with van der Waals surface area (Å²) in [6.07, 6.45) is 7.62. The zero-order valence-electron chi connectivity index (χ0n) is 18.0. The van der Waals surface area contributed by atoms with Gasteiger partial charge in [0, 0.05) is 60.8 Å². The van der Waals surface area contributed by atoms with Gasteiger partial charge in [0.1, 0.15) is 11.2 Å². The first-order valence-corrected chi connectivity index (χ1v) is 10.1. The highest BCUT2D eigenvalue weighted by Gasteiger charge is 2.37. The van der Waals surface area contributed by atoms with E-state index in [1.807, 2.05) is 64.9 Å². The molecule has 0 radical (unpaired) electrons. The van der Waals surface area contributed by atoms with E-state index in [-0.39, 0.29) is 12.1 Å². The first kappa shape index (κ1) is 19.5. The first-order chi connectivity index (χ1) is 13.6. The minimum Gasteiger partial charge on any atom is -0.444 e. The van der Waals surface area contributed by atoms with Gasteiger partial charge in [-0.3, -0.25) is 4.68 Å². The molecule has 4 rings (SSSR count). The zero-order chi connectivity index (χ0) is 20.9. The highest BCUT2D eigenvalue weighted by atomic mass is 16.6. The lowest BCUT2D eigenvalue weighted by Gasteiger charge is -2.42. The van der Waals surface area contributed by atoms with E-state index in [0.29, 0.717) is 6.04 Å². The van der Waals surface area contributed by atoms with Gasteiger partial charge in [-0.2, -0.15) is 5.10 Å². The molecule has 1 aliphatic rings. The zero-order valence-corrected chi connectivity index (χ0v) is 18.0. The normalized spacial score (nSPS) is 19.2. The molecule has 0 N–H and O–H groups in total. The standard InChI is InChI=1S/C22H29N5O2/c1-14-7-8-18-19(15-11-23-25(5)12-15)13-27(20(18)24-14)17-9-16(10-17)26(6)21(28)29-22(2,3)4/h7-8,11-13,16-17H,9-10H2,1-6H3/t16-,17-. The molecule has 0 unspecified atom stereocenters. The predicted octanol–water partition coefficient (Wildman–Crippen LogP) is 4.32. The third-order valence-corrected chi connectivity index (χ3v) is 5.54. The maximum Gasteiger partial charge on any atom is 0.410 e. The fraction of sp³-hybridized carbons (Fsp3) is 0.500. The molecule has 7 nitrogen and oxygen atoms in total. The van der Waals surface area contributed by atoms with E-state index in [1.54, 1.807) is 4.90 Å². The van der Waals surface area contributed by atoms with Crippen LogP contribution in [0.1, 0.15) is 45.3 Å². The number of rotatable bonds is 3. The van der Waals surface area contributed by atoms with Crippen molar-refractivity contribution >= 4 is 17.1 Å². The van der Waals surface area contributed by atoms with Crippen molar-refractivity contribution in [1.29, 1.82) is 0 Å². The summed E-state index contributed by atoms with van der Waals surface area (Å²) in [5, 5.41) is 5.45. The van der Waals surface area contributed by atoms with Crippen molar-refractivity contribution < 1.29 is 9.53 Å². The van der Waals surface area contributed by atoms with Gasteiger partial charge in [0.15, 0.2) is 0 Å². The number of hydrogen-bond donors (Lipinski definition) is 0. The highest BCUT2D eigenvalue weighted by molar-refractivity contribution is 5.94. The summed E-state index contributed by atoms with van der Waals surface area (Å²) in [5.41, 5.74) is 3.74. The predicted molar refractivity (Wildman–Crippen MR) is 113 cm³/mol. The molecule has 0 atom stereocenters. The fourth-order valence-electron chi connectivity index (χ4n) is 3.87. The number of hydrogen-bond acceptors (Lipinski definition) is 4. The van der Waals surface area contributed by atoms with E-state index in [0.717, 1.165) is 40.7 Å². The van der Waals surface area contributed by atoms with Gasteiger partial charge < -0.3 is 14.2 Å². The molecule has 0 bridgehead atoms. The van der Waals surface area contributed by atoms with Crippen molar-refractivity contribution in [2.45, 2.75) is 58.2 Å². The van der Waals surface area contributed by atoms with Crippen LogP contribution in [0.5, 0.6) is 0 Å². The number of ether oxygens (including phenoxy) is 1. The smallest absolute Gasteiger partial charge is 0.410 e. The van der Waals surface area contributed by atoms with Crippen molar-refractivity contribution in [2.24, 2.45) is 7.05 Å². The van der Waals surface area contributed by atoms with Crippen molar-refractivity contribution in [3.8, 4) is 11.1 Å². The average molecular weight is 396 g/mol. The van der Waals surface area contributed by atoms with Crippen LogP contribution in [-0.4, -0.2) is 49.0 Å². The fourth-order valence-corrected chi connectivity index (χ4v) is 3.87. The van der Waals surface area contributed by atoms with E-state index in [1.165, 1.54) is 0 Å². The van der Waals surface area contributed by atoms with Gasteiger partial charge in [0.25, 0.3) is 0 Å².